The molecule has 0 saturated carbocycles. The highest BCUT2D eigenvalue weighted by molar-refractivity contribution is 5.35. The quantitative estimate of drug-likeness (QED) is 0.861. The Morgan fingerprint density at radius 3 is 2.19 bits per heavy atom. The van der Waals surface area contributed by atoms with Crippen molar-refractivity contribution in [2.24, 2.45) is 5.92 Å². The van der Waals surface area contributed by atoms with Gasteiger partial charge in [-0.2, -0.15) is 0 Å². The highest BCUT2D eigenvalue weighted by atomic mass is 16.5. The van der Waals surface area contributed by atoms with Gasteiger partial charge in [-0.1, -0.05) is 45.0 Å². The summed E-state index contributed by atoms with van der Waals surface area (Å²) in [5.41, 5.74) is 1.80. The highest BCUT2D eigenvalue weighted by Gasteiger charge is 2.49. The lowest BCUT2D eigenvalue weighted by Gasteiger charge is -2.33. The van der Waals surface area contributed by atoms with E-state index in [-0.39, 0.29) is 22.5 Å². The molecule has 0 spiro atoms. The summed E-state index contributed by atoms with van der Waals surface area (Å²) in [5.74, 6) is 0.107. The van der Waals surface area contributed by atoms with Crippen LogP contribution in [-0.2, 0) is 10.2 Å². The zero-order valence-corrected chi connectivity index (χ0v) is 14.5. The second kappa shape index (κ2) is 5.10. The Hall–Kier alpha value is -0.860. The molecule has 2 rings (SSSR count). The molecule has 1 N–H and O–H groups in total. The van der Waals surface area contributed by atoms with Crippen molar-refractivity contribution in [2.45, 2.75) is 77.6 Å². The van der Waals surface area contributed by atoms with Crippen LogP contribution < -0.4 is 0 Å². The molecule has 2 atom stereocenters. The molecule has 0 radical (unpaired) electrons. The molecule has 1 aromatic rings. The van der Waals surface area contributed by atoms with Crippen molar-refractivity contribution in [1.29, 1.82) is 0 Å². The third kappa shape index (κ3) is 3.32. The first-order valence-electron chi connectivity index (χ1n) is 7.92. The maximum atomic E-state index is 11.1. The molecule has 21 heavy (non-hydrogen) atoms. The molecule has 2 heteroatoms. The largest absolute Gasteiger partial charge is 0.388 e. The highest BCUT2D eigenvalue weighted by Crippen LogP contribution is 2.48. The average molecular weight is 290 g/mol. The van der Waals surface area contributed by atoms with Crippen LogP contribution in [0.5, 0.6) is 0 Å². The molecule has 0 amide bonds. The smallest absolute Gasteiger partial charge is 0.0849 e. The Labute approximate surface area is 129 Å². The Balaban J connectivity index is 2.40. The van der Waals surface area contributed by atoms with Gasteiger partial charge in [0.2, 0.25) is 0 Å². The minimum absolute atomic E-state index is 0.0245. The van der Waals surface area contributed by atoms with E-state index in [4.69, 9.17) is 4.74 Å². The summed E-state index contributed by atoms with van der Waals surface area (Å²) in [5, 5.41) is 11.1. The van der Waals surface area contributed by atoms with Gasteiger partial charge >= 0.3 is 0 Å². The molecule has 1 aromatic carbocycles. The van der Waals surface area contributed by atoms with Crippen molar-refractivity contribution in [3.8, 4) is 0 Å². The van der Waals surface area contributed by atoms with E-state index < -0.39 is 6.10 Å². The summed E-state index contributed by atoms with van der Waals surface area (Å²) in [7, 11) is 0. The van der Waals surface area contributed by atoms with Crippen LogP contribution in [0.25, 0.3) is 0 Å². The van der Waals surface area contributed by atoms with Gasteiger partial charge in [0.1, 0.15) is 0 Å². The predicted molar refractivity (Wildman–Crippen MR) is 87.5 cm³/mol. The number of aliphatic hydroxyl groups is 1. The van der Waals surface area contributed by atoms with Crippen molar-refractivity contribution in [1.82, 2.24) is 0 Å². The average Bonchev–Trinajstić information content (AvgIpc) is 2.55. The van der Waals surface area contributed by atoms with E-state index in [1.165, 1.54) is 5.56 Å². The van der Waals surface area contributed by atoms with Gasteiger partial charge in [0.05, 0.1) is 17.3 Å². The molecule has 1 heterocycles. The van der Waals surface area contributed by atoms with Crippen molar-refractivity contribution >= 4 is 0 Å². The normalized spacial score (nSPS) is 25.8. The number of rotatable bonds is 2. The lowest BCUT2D eigenvalue weighted by Crippen LogP contribution is -2.33. The Morgan fingerprint density at radius 2 is 1.71 bits per heavy atom. The summed E-state index contributed by atoms with van der Waals surface area (Å²) in [6.07, 6.45) is 0.386. The van der Waals surface area contributed by atoms with Gasteiger partial charge in [0, 0.05) is 5.92 Å². The van der Waals surface area contributed by atoms with Crippen LogP contribution in [0.15, 0.2) is 24.3 Å². The topological polar surface area (TPSA) is 29.5 Å². The van der Waals surface area contributed by atoms with Crippen LogP contribution in [0.4, 0.5) is 0 Å². The first-order valence-corrected chi connectivity index (χ1v) is 7.92. The Morgan fingerprint density at radius 1 is 1.14 bits per heavy atom. The summed E-state index contributed by atoms with van der Waals surface area (Å²) in [6, 6.07) is 8.26. The van der Waals surface area contributed by atoms with Gasteiger partial charge in [0.15, 0.2) is 0 Å². The molecule has 1 fully saturated rings. The van der Waals surface area contributed by atoms with Crippen molar-refractivity contribution < 1.29 is 9.84 Å². The number of aliphatic hydroxyl groups excluding tert-OH is 1. The SMILES string of the molecule is CC1(C)CC(C(O)c2ccccc2C(C)(C)C)C(C)(C)O1. The van der Waals surface area contributed by atoms with E-state index in [0.717, 1.165) is 12.0 Å². The fraction of sp³-hybridized carbons (Fsp3) is 0.684. The van der Waals surface area contributed by atoms with Crippen molar-refractivity contribution in [3.63, 3.8) is 0 Å². The van der Waals surface area contributed by atoms with Crippen molar-refractivity contribution in [2.75, 3.05) is 0 Å². The third-order valence-corrected chi connectivity index (χ3v) is 4.61. The van der Waals surface area contributed by atoms with Crippen LogP contribution in [0, 0.1) is 5.92 Å². The third-order valence-electron chi connectivity index (χ3n) is 4.61. The zero-order chi connectivity index (χ0) is 16.1. The Kier molecular flexibility index (Phi) is 4.01. The predicted octanol–water partition coefficient (Wildman–Crippen LogP) is 4.61. The molecule has 0 bridgehead atoms. The summed E-state index contributed by atoms with van der Waals surface area (Å²) in [6.45, 7) is 15.0. The molecule has 2 unspecified atom stereocenters. The molecule has 2 nitrogen and oxygen atoms in total. The number of benzene rings is 1. The van der Waals surface area contributed by atoms with E-state index in [1.807, 2.05) is 6.07 Å². The number of hydrogen-bond acceptors (Lipinski definition) is 2. The maximum Gasteiger partial charge on any atom is 0.0849 e. The second-order valence-corrected chi connectivity index (χ2v) is 8.56. The Bertz CT molecular complexity index is 509. The maximum absolute atomic E-state index is 11.1. The minimum Gasteiger partial charge on any atom is -0.388 e. The van der Waals surface area contributed by atoms with E-state index in [1.54, 1.807) is 0 Å². The van der Waals surface area contributed by atoms with Gasteiger partial charge in [-0.15, -0.1) is 0 Å². The number of hydrogen-bond donors (Lipinski definition) is 1. The molecular weight excluding hydrogens is 260 g/mol. The fourth-order valence-electron chi connectivity index (χ4n) is 3.75. The summed E-state index contributed by atoms with van der Waals surface area (Å²) in [4.78, 5) is 0. The zero-order valence-electron chi connectivity index (χ0n) is 14.5. The lowest BCUT2D eigenvalue weighted by molar-refractivity contribution is -0.0881. The van der Waals surface area contributed by atoms with Gasteiger partial charge < -0.3 is 9.84 Å². The molecule has 1 aliphatic rings. The van der Waals surface area contributed by atoms with E-state index in [0.29, 0.717) is 0 Å². The van der Waals surface area contributed by atoms with Crippen LogP contribution in [0.3, 0.4) is 0 Å². The first kappa shape index (κ1) is 16.5. The molecule has 0 aliphatic carbocycles. The first-order chi connectivity index (χ1) is 9.44. The van der Waals surface area contributed by atoms with Crippen molar-refractivity contribution in [3.05, 3.63) is 35.4 Å². The molecule has 1 aliphatic heterocycles. The lowest BCUT2D eigenvalue weighted by atomic mass is 9.75. The monoisotopic (exact) mass is 290 g/mol. The van der Waals surface area contributed by atoms with Gasteiger partial charge in [-0.3, -0.25) is 0 Å². The van der Waals surface area contributed by atoms with Gasteiger partial charge in [-0.25, -0.2) is 0 Å². The number of ether oxygens (including phenoxy) is 1. The van der Waals surface area contributed by atoms with E-state index in [9.17, 15) is 5.11 Å². The fourth-order valence-corrected chi connectivity index (χ4v) is 3.75. The molecule has 1 saturated heterocycles. The van der Waals surface area contributed by atoms with Crippen LogP contribution in [0.1, 0.15) is 72.1 Å². The molecular formula is C19H30O2. The van der Waals surface area contributed by atoms with E-state index in [2.05, 4.69) is 66.7 Å². The standard InChI is InChI=1S/C19H30O2/c1-17(2,3)14-11-9-8-10-13(14)16(20)15-12-18(4,5)21-19(15,6)7/h8-11,15-16,20H,12H2,1-7H3. The molecule has 0 aromatic heterocycles. The van der Waals surface area contributed by atoms with Crippen LogP contribution >= 0.6 is 0 Å². The second-order valence-electron chi connectivity index (χ2n) is 8.56. The summed E-state index contributed by atoms with van der Waals surface area (Å²) < 4.78 is 6.16. The van der Waals surface area contributed by atoms with Crippen LogP contribution in [0.2, 0.25) is 0 Å². The van der Waals surface area contributed by atoms with Gasteiger partial charge in [-0.05, 0) is 50.7 Å². The summed E-state index contributed by atoms with van der Waals surface area (Å²) >= 11 is 0. The minimum atomic E-state index is -0.489. The van der Waals surface area contributed by atoms with E-state index >= 15 is 0 Å². The van der Waals surface area contributed by atoms with Crippen LogP contribution in [-0.4, -0.2) is 16.3 Å². The van der Waals surface area contributed by atoms with Gasteiger partial charge in [0.25, 0.3) is 0 Å². The molecule has 118 valence electrons.